The molecule has 8 aromatic rings. The van der Waals surface area contributed by atoms with Crippen LogP contribution < -0.4 is 4.90 Å². The number of fused-ring (bicyclic) bond motifs is 9. The van der Waals surface area contributed by atoms with Gasteiger partial charge in [-0.1, -0.05) is 140 Å². The highest BCUT2D eigenvalue weighted by atomic mass is 16.3. The lowest BCUT2D eigenvalue weighted by Gasteiger charge is -2.30. The summed E-state index contributed by atoms with van der Waals surface area (Å²) >= 11 is 0. The SMILES string of the molecule is C1=CC2c3cc4ccccc4cc3N(c3cc4oc5c(c4c4ccccc34)C(c3cc(-c4ccccc4)nc(-c4ccccc4)n3)=CCC5)C2C=C1. The Morgan fingerprint density at radius 1 is 0.615 bits per heavy atom. The fourth-order valence-corrected chi connectivity index (χ4v) is 8.70. The second kappa shape index (κ2) is 11.5. The summed E-state index contributed by atoms with van der Waals surface area (Å²) in [5.74, 6) is 2.00. The van der Waals surface area contributed by atoms with Gasteiger partial charge in [0, 0.05) is 57.1 Å². The van der Waals surface area contributed by atoms with E-state index in [1.807, 2.05) is 24.3 Å². The van der Waals surface area contributed by atoms with Crippen LogP contribution in [-0.2, 0) is 6.42 Å². The maximum Gasteiger partial charge on any atom is 0.160 e. The molecule has 2 aliphatic carbocycles. The van der Waals surface area contributed by atoms with Gasteiger partial charge in [-0.15, -0.1) is 0 Å². The highest BCUT2D eigenvalue weighted by molar-refractivity contribution is 6.17. The molecule has 1 aliphatic heterocycles. The van der Waals surface area contributed by atoms with E-state index in [1.165, 1.54) is 38.5 Å². The number of furan rings is 1. The third-order valence-electron chi connectivity index (χ3n) is 11.0. The first-order valence-corrected chi connectivity index (χ1v) is 18.1. The van der Waals surface area contributed by atoms with Crippen LogP contribution in [0.4, 0.5) is 11.4 Å². The predicted octanol–water partition coefficient (Wildman–Crippen LogP) is 12.0. The van der Waals surface area contributed by atoms with Gasteiger partial charge in [-0.05, 0) is 46.3 Å². The van der Waals surface area contributed by atoms with E-state index in [0.717, 1.165) is 63.2 Å². The minimum Gasteiger partial charge on any atom is -0.460 e. The Morgan fingerprint density at radius 3 is 2.13 bits per heavy atom. The summed E-state index contributed by atoms with van der Waals surface area (Å²) in [6.07, 6.45) is 13.2. The van der Waals surface area contributed by atoms with Gasteiger partial charge < -0.3 is 9.32 Å². The number of hydrogen-bond donors (Lipinski definition) is 0. The molecule has 246 valence electrons. The van der Waals surface area contributed by atoms with Gasteiger partial charge in [0.2, 0.25) is 0 Å². The summed E-state index contributed by atoms with van der Waals surface area (Å²) in [6.45, 7) is 0. The smallest absolute Gasteiger partial charge is 0.160 e. The normalized spacial score (nSPS) is 17.4. The second-order valence-electron chi connectivity index (χ2n) is 14.0. The Labute approximate surface area is 301 Å². The topological polar surface area (TPSA) is 42.2 Å². The van der Waals surface area contributed by atoms with Crippen LogP contribution in [0.1, 0.15) is 34.9 Å². The summed E-state index contributed by atoms with van der Waals surface area (Å²) < 4.78 is 6.93. The Hall–Kier alpha value is -6.52. The monoisotopic (exact) mass is 667 g/mol. The predicted molar refractivity (Wildman–Crippen MR) is 213 cm³/mol. The van der Waals surface area contributed by atoms with E-state index in [2.05, 4.69) is 144 Å². The van der Waals surface area contributed by atoms with Crippen molar-refractivity contribution < 1.29 is 4.42 Å². The van der Waals surface area contributed by atoms with Crippen molar-refractivity contribution in [2.75, 3.05) is 4.90 Å². The van der Waals surface area contributed by atoms with Crippen LogP contribution >= 0.6 is 0 Å². The van der Waals surface area contributed by atoms with Crippen LogP contribution in [0.3, 0.4) is 0 Å². The Balaban J connectivity index is 1.13. The van der Waals surface area contributed by atoms with E-state index < -0.39 is 0 Å². The number of aryl methyl sites for hydroxylation is 1. The molecular weight excluding hydrogens is 635 g/mol. The minimum absolute atomic E-state index is 0.173. The molecule has 3 heterocycles. The standard InChI is InChI=1S/C48H33N3O/c1-3-14-30(15-4-1)39-28-40(50-48(49-39)31-16-5-2-6-17-31)37-23-13-25-44-47(37)46-36-22-10-9-20-34(36)43(29-45(46)52-44)51-41-24-12-11-21-35(41)38-26-32-18-7-8-19-33(32)27-42(38)51/h1-12,14-24,26-29,35,41H,13,25H2. The van der Waals surface area contributed by atoms with Crippen LogP contribution in [0, 0.1) is 0 Å². The molecule has 0 bridgehead atoms. The van der Waals surface area contributed by atoms with Gasteiger partial charge in [0.25, 0.3) is 0 Å². The van der Waals surface area contributed by atoms with Gasteiger partial charge >= 0.3 is 0 Å². The van der Waals surface area contributed by atoms with Crippen LogP contribution in [-0.4, -0.2) is 16.0 Å². The number of anilines is 2. The molecule has 4 heteroatoms. The Bertz CT molecular complexity index is 2750. The summed E-state index contributed by atoms with van der Waals surface area (Å²) in [5.41, 5.74) is 10.8. The van der Waals surface area contributed by atoms with Crippen molar-refractivity contribution in [3.8, 4) is 22.6 Å². The first kappa shape index (κ1) is 29.2. The lowest BCUT2D eigenvalue weighted by molar-refractivity contribution is 0.545. The van der Waals surface area contributed by atoms with Gasteiger partial charge in [0.1, 0.15) is 11.3 Å². The number of allylic oxidation sites excluding steroid dienone is 3. The molecular formula is C48H33N3O. The van der Waals surface area contributed by atoms with E-state index in [4.69, 9.17) is 14.4 Å². The molecule has 2 aromatic heterocycles. The number of hydrogen-bond acceptors (Lipinski definition) is 4. The molecule has 2 atom stereocenters. The summed E-state index contributed by atoms with van der Waals surface area (Å²) in [7, 11) is 0. The quantitative estimate of drug-likeness (QED) is 0.187. The van der Waals surface area contributed by atoms with Gasteiger partial charge in [-0.3, -0.25) is 0 Å². The van der Waals surface area contributed by atoms with Crippen molar-refractivity contribution in [2.45, 2.75) is 24.8 Å². The van der Waals surface area contributed by atoms with Crippen molar-refractivity contribution in [1.29, 1.82) is 0 Å². The minimum atomic E-state index is 0.173. The van der Waals surface area contributed by atoms with E-state index in [0.29, 0.717) is 5.82 Å². The summed E-state index contributed by atoms with van der Waals surface area (Å²) in [4.78, 5) is 12.9. The first-order valence-electron chi connectivity index (χ1n) is 18.1. The van der Waals surface area contributed by atoms with Gasteiger partial charge in [0.05, 0.1) is 23.1 Å². The van der Waals surface area contributed by atoms with E-state index in [-0.39, 0.29) is 12.0 Å². The molecule has 6 aromatic carbocycles. The molecule has 0 saturated carbocycles. The highest BCUT2D eigenvalue weighted by Gasteiger charge is 2.39. The Kier molecular flexibility index (Phi) is 6.47. The van der Waals surface area contributed by atoms with E-state index >= 15 is 0 Å². The molecule has 0 fully saturated rings. The van der Waals surface area contributed by atoms with Gasteiger partial charge in [-0.2, -0.15) is 0 Å². The molecule has 0 spiro atoms. The molecule has 0 radical (unpaired) electrons. The zero-order valence-electron chi connectivity index (χ0n) is 28.4. The molecule has 52 heavy (non-hydrogen) atoms. The van der Waals surface area contributed by atoms with Crippen molar-refractivity contribution in [3.05, 3.63) is 186 Å². The largest absolute Gasteiger partial charge is 0.460 e. The van der Waals surface area contributed by atoms with Crippen LogP contribution in [0.25, 0.3) is 60.7 Å². The van der Waals surface area contributed by atoms with Crippen molar-refractivity contribution in [1.82, 2.24) is 9.97 Å². The maximum absolute atomic E-state index is 6.93. The lowest BCUT2D eigenvalue weighted by atomic mass is 9.89. The summed E-state index contributed by atoms with van der Waals surface area (Å²) in [6, 6.07) is 47.6. The lowest BCUT2D eigenvalue weighted by Crippen LogP contribution is -2.28. The van der Waals surface area contributed by atoms with Crippen LogP contribution in [0.15, 0.2) is 168 Å². The molecule has 0 N–H and O–H groups in total. The fraction of sp³-hybridized carbons (Fsp3) is 0.0833. The number of rotatable bonds is 4. The Morgan fingerprint density at radius 2 is 1.31 bits per heavy atom. The summed E-state index contributed by atoms with van der Waals surface area (Å²) in [5, 5.41) is 6.08. The number of nitrogens with zero attached hydrogens (tertiary/aromatic N) is 3. The van der Waals surface area contributed by atoms with Crippen molar-refractivity contribution >= 4 is 49.5 Å². The third-order valence-corrected chi connectivity index (χ3v) is 11.0. The van der Waals surface area contributed by atoms with Crippen LogP contribution in [0.2, 0.25) is 0 Å². The third kappa shape index (κ3) is 4.47. The molecule has 3 aliphatic rings. The maximum atomic E-state index is 6.93. The molecule has 4 nitrogen and oxygen atoms in total. The fourth-order valence-electron chi connectivity index (χ4n) is 8.70. The van der Waals surface area contributed by atoms with Gasteiger partial charge in [0.15, 0.2) is 5.82 Å². The van der Waals surface area contributed by atoms with Crippen LogP contribution in [0.5, 0.6) is 0 Å². The van der Waals surface area contributed by atoms with E-state index in [1.54, 1.807) is 0 Å². The van der Waals surface area contributed by atoms with E-state index in [9.17, 15) is 0 Å². The number of aromatic nitrogens is 2. The van der Waals surface area contributed by atoms with Crippen molar-refractivity contribution in [3.63, 3.8) is 0 Å². The average Bonchev–Trinajstić information content (AvgIpc) is 3.75. The average molecular weight is 668 g/mol. The van der Waals surface area contributed by atoms with Gasteiger partial charge in [-0.25, -0.2) is 9.97 Å². The molecule has 0 saturated heterocycles. The zero-order valence-corrected chi connectivity index (χ0v) is 28.4. The number of benzene rings is 6. The highest BCUT2D eigenvalue weighted by Crippen LogP contribution is 2.52. The zero-order chi connectivity index (χ0) is 34.2. The molecule has 11 rings (SSSR count). The molecule has 2 unspecified atom stereocenters. The second-order valence-corrected chi connectivity index (χ2v) is 14.0. The molecule has 0 amide bonds. The van der Waals surface area contributed by atoms with Crippen molar-refractivity contribution in [2.24, 2.45) is 0 Å². The first-order chi connectivity index (χ1) is 25.8.